The van der Waals surface area contributed by atoms with E-state index in [4.69, 9.17) is 0 Å². The Morgan fingerprint density at radius 3 is 2.89 bits per heavy atom. The van der Waals surface area contributed by atoms with Gasteiger partial charge in [-0.25, -0.2) is 4.39 Å². The first-order valence-corrected chi connectivity index (χ1v) is 6.37. The lowest BCUT2D eigenvalue weighted by molar-refractivity contribution is 0.0992. The first-order chi connectivity index (χ1) is 9.24. The molecule has 3 heteroatoms. The van der Waals surface area contributed by atoms with Crippen molar-refractivity contribution in [3.05, 3.63) is 65.0 Å². The Morgan fingerprint density at radius 1 is 1.21 bits per heavy atom. The summed E-state index contributed by atoms with van der Waals surface area (Å²) in [4.78, 5) is 12.2. The maximum atomic E-state index is 13.5. The van der Waals surface area contributed by atoms with E-state index in [-0.39, 0.29) is 18.0 Å². The van der Waals surface area contributed by atoms with Gasteiger partial charge in [0.2, 0.25) is 0 Å². The standard InChI is InChI=1S/C16H14FNO/c17-14-4-2-1-3-12(14)10-16(19)13-6-5-11-7-8-18-15(11)9-13/h1-6,9,18H,7-8,10H2. The highest BCUT2D eigenvalue weighted by molar-refractivity contribution is 5.98. The van der Waals surface area contributed by atoms with Crippen LogP contribution in [0.15, 0.2) is 42.5 Å². The molecule has 1 N–H and O–H groups in total. The van der Waals surface area contributed by atoms with Crippen LogP contribution in [0.25, 0.3) is 0 Å². The quantitative estimate of drug-likeness (QED) is 0.853. The second-order valence-corrected chi connectivity index (χ2v) is 4.74. The third kappa shape index (κ3) is 2.36. The van der Waals surface area contributed by atoms with Crippen molar-refractivity contribution in [3.8, 4) is 0 Å². The third-order valence-corrected chi connectivity index (χ3v) is 3.45. The molecule has 19 heavy (non-hydrogen) atoms. The lowest BCUT2D eigenvalue weighted by atomic mass is 10.0. The van der Waals surface area contributed by atoms with Gasteiger partial charge in [-0.3, -0.25) is 4.79 Å². The molecule has 1 aliphatic heterocycles. The van der Waals surface area contributed by atoms with E-state index in [0.717, 1.165) is 18.7 Å². The van der Waals surface area contributed by atoms with Crippen molar-refractivity contribution in [2.24, 2.45) is 0 Å². The predicted octanol–water partition coefficient (Wildman–Crippen LogP) is 3.22. The largest absolute Gasteiger partial charge is 0.384 e. The fourth-order valence-electron chi connectivity index (χ4n) is 2.38. The van der Waals surface area contributed by atoms with Gasteiger partial charge in [0.1, 0.15) is 5.82 Å². The van der Waals surface area contributed by atoms with E-state index >= 15 is 0 Å². The van der Waals surface area contributed by atoms with Crippen molar-refractivity contribution in [3.63, 3.8) is 0 Å². The number of carbonyl (C=O) groups is 1. The number of anilines is 1. The summed E-state index contributed by atoms with van der Waals surface area (Å²) in [6, 6.07) is 12.1. The van der Waals surface area contributed by atoms with Gasteiger partial charge in [-0.05, 0) is 29.7 Å². The van der Waals surface area contributed by atoms with E-state index in [1.807, 2.05) is 18.2 Å². The predicted molar refractivity (Wildman–Crippen MR) is 73.1 cm³/mol. The van der Waals surface area contributed by atoms with Crippen molar-refractivity contribution in [1.82, 2.24) is 0 Å². The van der Waals surface area contributed by atoms with Crippen LogP contribution in [0.4, 0.5) is 10.1 Å². The van der Waals surface area contributed by atoms with E-state index in [1.165, 1.54) is 11.6 Å². The van der Waals surface area contributed by atoms with Gasteiger partial charge in [-0.1, -0.05) is 30.3 Å². The molecule has 0 amide bonds. The fraction of sp³-hybridized carbons (Fsp3) is 0.188. The number of rotatable bonds is 3. The number of fused-ring (bicyclic) bond motifs is 1. The molecule has 3 rings (SSSR count). The van der Waals surface area contributed by atoms with Gasteiger partial charge >= 0.3 is 0 Å². The summed E-state index contributed by atoms with van der Waals surface area (Å²) >= 11 is 0. The number of carbonyl (C=O) groups excluding carboxylic acids is 1. The molecular weight excluding hydrogens is 241 g/mol. The van der Waals surface area contributed by atoms with Crippen LogP contribution >= 0.6 is 0 Å². The summed E-state index contributed by atoms with van der Waals surface area (Å²) in [5.74, 6) is -0.378. The molecule has 0 spiro atoms. The van der Waals surface area contributed by atoms with Crippen molar-refractivity contribution >= 4 is 11.5 Å². The van der Waals surface area contributed by atoms with Crippen LogP contribution in [-0.2, 0) is 12.8 Å². The Balaban J connectivity index is 1.83. The maximum Gasteiger partial charge on any atom is 0.167 e. The van der Waals surface area contributed by atoms with Gasteiger partial charge in [-0.15, -0.1) is 0 Å². The minimum Gasteiger partial charge on any atom is -0.384 e. The Labute approximate surface area is 111 Å². The summed E-state index contributed by atoms with van der Waals surface area (Å²) in [6.07, 6.45) is 1.10. The molecule has 0 radical (unpaired) electrons. The number of hydrogen-bond acceptors (Lipinski definition) is 2. The molecule has 2 aromatic carbocycles. The van der Waals surface area contributed by atoms with Crippen LogP contribution in [0.3, 0.4) is 0 Å². The summed E-state index contributed by atoms with van der Waals surface area (Å²) in [5, 5.41) is 3.24. The zero-order valence-electron chi connectivity index (χ0n) is 10.4. The summed E-state index contributed by atoms with van der Waals surface area (Å²) in [7, 11) is 0. The normalized spacial score (nSPS) is 12.9. The van der Waals surface area contributed by atoms with Gasteiger partial charge in [0.25, 0.3) is 0 Å². The minimum absolute atomic E-state index is 0.0541. The summed E-state index contributed by atoms with van der Waals surface area (Å²) in [5.41, 5.74) is 3.35. The minimum atomic E-state index is -0.324. The summed E-state index contributed by atoms with van der Waals surface area (Å²) in [6.45, 7) is 0.917. The van der Waals surface area contributed by atoms with Crippen molar-refractivity contribution < 1.29 is 9.18 Å². The Bertz CT molecular complexity index is 636. The Kier molecular flexibility index (Phi) is 3.03. The van der Waals surface area contributed by atoms with E-state index in [2.05, 4.69) is 5.32 Å². The first kappa shape index (κ1) is 11.9. The van der Waals surface area contributed by atoms with Crippen LogP contribution in [0, 0.1) is 5.82 Å². The molecule has 0 aliphatic carbocycles. The SMILES string of the molecule is O=C(Cc1ccccc1F)c1ccc2c(c1)NCC2. The molecule has 2 aromatic rings. The zero-order valence-corrected chi connectivity index (χ0v) is 10.4. The molecule has 96 valence electrons. The molecule has 2 nitrogen and oxygen atoms in total. The molecule has 0 unspecified atom stereocenters. The van der Waals surface area contributed by atoms with Crippen molar-refractivity contribution in [2.75, 3.05) is 11.9 Å². The van der Waals surface area contributed by atoms with E-state index < -0.39 is 0 Å². The van der Waals surface area contributed by atoms with Gasteiger partial charge in [-0.2, -0.15) is 0 Å². The Morgan fingerprint density at radius 2 is 2.05 bits per heavy atom. The molecule has 0 bridgehead atoms. The first-order valence-electron chi connectivity index (χ1n) is 6.37. The lowest BCUT2D eigenvalue weighted by Gasteiger charge is -2.05. The average Bonchev–Trinajstić information content (AvgIpc) is 2.88. The molecule has 0 saturated heterocycles. The molecule has 0 atom stereocenters. The van der Waals surface area contributed by atoms with Crippen LogP contribution in [0.1, 0.15) is 21.5 Å². The van der Waals surface area contributed by atoms with Crippen molar-refractivity contribution in [1.29, 1.82) is 0 Å². The summed E-state index contributed by atoms with van der Waals surface area (Å²) < 4.78 is 13.5. The highest BCUT2D eigenvalue weighted by atomic mass is 19.1. The van der Waals surface area contributed by atoms with Gasteiger partial charge in [0.05, 0.1) is 0 Å². The number of benzene rings is 2. The maximum absolute atomic E-state index is 13.5. The topological polar surface area (TPSA) is 29.1 Å². The van der Waals surface area contributed by atoms with Crippen LogP contribution in [-0.4, -0.2) is 12.3 Å². The number of hydrogen-bond donors (Lipinski definition) is 1. The number of ketones is 1. The second-order valence-electron chi connectivity index (χ2n) is 4.74. The zero-order chi connectivity index (χ0) is 13.2. The Hall–Kier alpha value is -2.16. The van der Waals surface area contributed by atoms with Crippen molar-refractivity contribution in [2.45, 2.75) is 12.8 Å². The van der Waals surface area contributed by atoms with E-state index in [0.29, 0.717) is 11.1 Å². The molecular formula is C16H14FNO. The third-order valence-electron chi connectivity index (χ3n) is 3.45. The number of Topliss-reactive ketones (excluding diaryl/α,β-unsaturated/α-hetero) is 1. The van der Waals surface area contributed by atoms with Gasteiger partial charge in [0, 0.05) is 24.2 Å². The molecule has 1 aliphatic rings. The van der Waals surface area contributed by atoms with Gasteiger partial charge in [0.15, 0.2) is 5.78 Å². The second kappa shape index (κ2) is 4.84. The highest BCUT2D eigenvalue weighted by Crippen LogP contribution is 2.24. The number of halogens is 1. The van der Waals surface area contributed by atoms with Crippen LogP contribution < -0.4 is 5.32 Å². The molecule has 0 fully saturated rings. The smallest absolute Gasteiger partial charge is 0.167 e. The monoisotopic (exact) mass is 255 g/mol. The van der Waals surface area contributed by atoms with Crippen LogP contribution in [0.2, 0.25) is 0 Å². The highest BCUT2D eigenvalue weighted by Gasteiger charge is 2.14. The van der Waals surface area contributed by atoms with Crippen LogP contribution in [0.5, 0.6) is 0 Å². The number of nitrogens with one attached hydrogen (secondary N) is 1. The fourth-order valence-corrected chi connectivity index (χ4v) is 2.38. The molecule has 0 aromatic heterocycles. The lowest BCUT2D eigenvalue weighted by Crippen LogP contribution is -2.05. The molecule has 1 heterocycles. The van der Waals surface area contributed by atoms with E-state index in [1.54, 1.807) is 18.2 Å². The molecule has 0 saturated carbocycles. The van der Waals surface area contributed by atoms with E-state index in [9.17, 15) is 9.18 Å². The van der Waals surface area contributed by atoms with Gasteiger partial charge < -0.3 is 5.32 Å². The average molecular weight is 255 g/mol.